The van der Waals surface area contributed by atoms with E-state index in [2.05, 4.69) is 114 Å². The third-order valence-corrected chi connectivity index (χ3v) is 9.30. The average molecular weight is 609 g/mol. The van der Waals surface area contributed by atoms with Crippen molar-refractivity contribution in [2.45, 2.75) is 19.3 Å². The Balaban J connectivity index is 1.13. The van der Waals surface area contributed by atoms with Crippen molar-refractivity contribution in [3.8, 4) is 39.8 Å². The van der Waals surface area contributed by atoms with Crippen LogP contribution in [0.4, 0.5) is 0 Å². The summed E-state index contributed by atoms with van der Waals surface area (Å²) in [6, 6.07) is 44.6. The first-order chi connectivity index (χ1) is 23.2. The summed E-state index contributed by atoms with van der Waals surface area (Å²) < 4.78 is 15.6. The summed E-state index contributed by atoms with van der Waals surface area (Å²) in [5.74, 6) is 2.99. The molecular weight excluding hydrogens is 576 g/mol. The van der Waals surface area contributed by atoms with Gasteiger partial charge in [-0.15, -0.1) is 0 Å². The molecular formula is C43H32N2O2. The maximum absolute atomic E-state index is 6.77. The normalized spacial score (nSPS) is 13.5. The Kier molecular flexibility index (Phi) is 6.46. The third kappa shape index (κ3) is 4.77. The van der Waals surface area contributed by atoms with Gasteiger partial charge in [-0.2, -0.15) is 0 Å². The number of para-hydroxylation sites is 1. The van der Waals surface area contributed by atoms with Crippen LogP contribution in [0.5, 0.6) is 23.0 Å². The highest BCUT2D eigenvalue weighted by Gasteiger charge is 2.27. The van der Waals surface area contributed by atoms with E-state index in [0.717, 1.165) is 86.8 Å². The standard InChI is InChI=1S/C43H32N2O2/c44-37(29-11-2-1-3-12-29)22-20-28-10-8-15-30(24-28)31-16-9-17-34(25-31)45-38-19-7-6-18-35(38)36-21-23-39-43(42(36)45)47-41-27-33-14-5-4-13-32(33)26-40(41)46-39/h1-4,6-13,15-19,21-27H,5,14,20,44H2/b37-22-. The van der Waals surface area contributed by atoms with E-state index < -0.39 is 0 Å². The van der Waals surface area contributed by atoms with Crippen LogP contribution in [-0.2, 0) is 12.8 Å². The van der Waals surface area contributed by atoms with Gasteiger partial charge in [0.25, 0.3) is 0 Å². The molecule has 4 nitrogen and oxygen atoms in total. The van der Waals surface area contributed by atoms with Gasteiger partial charge in [0.1, 0.15) is 5.52 Å². The molecule has 0 saturated heterocycles. The monoisotopic (exact) mass is 608 g/mol. The Morgan fingerprint density at radius 2 is 1.51 bits per heavy atom. The zero-order valence-corrected chi connectivity index (χ0v) is 25.8. The van der Waals surface area contributed by atoms with Crippen LogP contribution >= 0.6 is 0 Å². The second kappa shape index (κ2) is 11.1. The number of aryl methyl sites for hydroxylation is 1. The summed E-state index contributed by atoms with van der Waals surface area (Å²) in [6.45, 7) is 0. The van der Waals surface area contributed by atoms with E-state index in [-0.39, 0.29) is 0 Å². The van der Waals surface area contributed by atoms with E-state index in [0.29, 0.717) is 0 Å². The van der Waals surface area contributed by atoms with Crippen molar-refractivity contribution in [1.82, 2.24) is 4.57 Å². The lowest BCUT2D eigenvalue weighted by Gasteiger charge is -2.24. The summed E-state index contributed by atoms with van der Waals surface area (Å²) in [5, 5.41) is 2.30. The van der Waals surface area contributed by atoms with Crippen molar-refractivity contribution in [1.29, 1.82) is 0 Å². The fourth-order valence-corrected chi connectivity index (χ4v) is 6.96. The molecule has 0 bridgehead atoms. The zero-order chi connectivity index (χ0) is 31.3. The molecule has 0 amide bonds. The third-order valence-electron chi connectivity index (χ3n) is 9.30. The molecule has 4 heteroatoms. The Labute approximate surface area is 273 Å². The molecule has 226 valence electrons. The molecule has 0 spiro atoms. The zero-order valence-electron chi connectivity index (χ0n) is 25.8. The van der Waals surface area contributed by atoms with Crippen LogP contribution in [0.1, 0.15) is 28.7 Å². The fraction of sp³-hybridized carbons (Fsp3) is 0.0698. The number of hydrogen-bond donors (Lipinski definition) is 1. The highest BCUT2D eigenvalue weighted by Crippen LogP contribution is 2.52. The van der Waals surface area contributed by atoms with Gasteiger partial charge < -0.3 is 19.8 Å². The van der Waals surface area contributed by atoms with Crippen LogP contribution in [-0.4, -0.2) is 4.57 Å². The number of hydrogen-bond acceptors (Lipinski definition) is 3. The van der Waals surface area contributed by atoms with Gasteiger partial charge in [0, 0.05) is 22.2 Å². The second-order valence-corrected chi connectivity index (χ2v) is 12.3. The highest BCUT2D eigenvalue weighted by atomic mass is 16.6. The van der Waals surface area contributed by atoms with E-state index in [9.17, 15) is 0 Å². The van der Waals surface area contributed by atoms with E-state index in [1.807, 2.05) is 36.4 Å². The summed E-state index contributed by atoms with van der Waals surface area (Å²) in [5.41, 5.74) is 17.4. The highest BCUT2D eigenvalue weighted by molar-refractivity contribution is 6.12. The lowest BCUT2D eigenvalue weighted by molar-refractivity contribution is 0.362. The van der Waals surface area contributed by atoms with Gasteiger partial charge in [-0.05, 0) is 95.1 Å². The topological polar surface area (TPSA) is 49.4 Å². The summed E-state index contributed by atoms with van der Waals surface area (Å²) in [7, 11) is 0. The number of benzene rings is 6. The molecule has 0 atom stereocenters. The maximum Gasteiger partial charge on any atom is 0.194 e. The van der Waals surface area contributed by atoms with Crippen LogP contribution in [0.2, 0.25) is 0 Å². The Morgan fingerprint density at radius 3 is 2.43 bits per heavy atom. The van der Waals surface area contributed by atoms with Gasteiger partial charge in [-0.3, -0.25) is 0 Å². The first kappa shape index (κ1) is 27.3. The lowest BCUT2D eigenvalue weighted by Crippen LogP contribution is -2.04. The molecule has 1 aliphatic carbocycles. The smallest absolute Gasteiger partial charge is 0.194 e. The molecule has 47 heavy (non-hydrogen) atoms. The fourth-order valence-electron chi connectivity index (χ4n) is 6.96. The molecule has 2 heterocycles. The van der Waals surface area contributed by atoms with E-state index in [1.54, 1.807) is 0 Å². The lowest BCUT2D eigenvalue weighted by atomic mass is 9.96. The second-order valence-electron chi connectivity index (χ2n) is 12.3. The van der Waals surface area contributed by atoms with Crippen LogP contribution < -0.4 is 15.2 Å². The summed E-state index contributed by atoms with van der Waals surface area (Å²) in [4.78, 5) is 0. The SMILES string of the molecule is N/C(=C\Cc1cccc(-c2cccc(-n3c4ccccc4c4ccc5c(c43)Oc3cc4c(cc3O5)C=CCC4)c2)c1)c1ccccc1. The number of rotatable bonds is 5. The first-order valence-electron chi connectivity index (χ1n) is 16.2. The van der Waals surface area contributed by atoms with Crippen molar-refractivity contribution in [2.24, 2.45) is 5.73 Å². The average Bonchev–Trinajstić information content (AvgIpc) is 3.47. The summed E-state index contributed by atoms with van der Waals surface area (Å²) in [6.07, 6.45) is 9.30. The number of fused-ring (bicyclic) bond motifs is 7. The van der Waals surface area contributed by atoms with Crippen molar-refractivity contribution in [3.63, 3.8) is 0 Å². The van der Waals surface area contributed by atoms with Crippen LogP contribution in [0.3, 0.4) is 0 Å². The predicted molar refractivity (Wildman–Crippen MR) is 192 cm³/mol. The minimum atomic E-state index is 0.723. The Hall–Kier alpha value is -6.00. The molecule has 0 saturated carbocycles. The number of allylic oxidation sites excluding steroid dienone is 2. The minimum absolute atomic E-state index is 0.723. The van der Waals surface area contributed by atoms with Gasteiger partial charge >= 0.3 is 0 Å². The van der Waals surface area contributed by atoms with Crippen molar-refractivity contribution in [3.05, 3.63) is 162 Å². The Morgan fingerprint density at radius 1 is 0.702 bits per heavy atom. The molecule has 0 unspecified atom stereocenters. The van der Waals surface area contributed by atoms with E-state index in [4.69, 9.17) is 15.2 Å². The Bertz CT molecular complexity index is 2400. The molecule has 9 rings (SSSR count). The number of nitrogens with zero attached hydrogens (tertiary/aromatic N) is 1. The van der Waals surface area contributed by atoms with E-state index >= 15 is 0 Å². The molecule has 2 aliphatic rings. The van der Waals surface area contributed by atoms with Crippen molar-refractivity contribution < 1.29 is 9.47 Å². The number of ether oxygens (including phenoxy) is 2. The number of aromatic nitrogens is 1. The van der Waals surface area contributed by atoms with Crippen molar-refractivity contribution in [2.75, 3.05) is 0 Å². The van der Waals surface area contributed by atoms with Gasteiger partial charge in [-0.1, -0.05) is 103 Å². The predicted octanol–water partition coefficient (Wildman–Crippen LogP) is 10.9. The first-order valence-corrected chi connectivity index (χ1v) is 16.2. The molecule has 7 aromatic rings. The van der Waals surface area contributed by atoms with Crippen LogP contribution in [0.15, 0.2) is 140 Å². The molecule has 1 aromatic heterocycles. The maximum atomic E-state index is 6.77. The number of nitrogens with two attached hydrogens (primary N) is 1. The molecule has 0 radical (unpaired) electrons. The molecule has 1 aliphatic heterocycles. The molecule has 6 aromatic carbocycles. The minimum Gasteiger partial charge on any atom is -0.449 e. The quantitative estimate of drug-likeness (QED) is 0.211. The summed E-state index contributed by atoms with van der Waals surface area (Å²) >= 11 is 0. The van der Waals surface area contributed by atoms with Crippen LogP contribution in [0, 0.1) is 0 Å². The van der Waals surface area contributed by atoms with Crippen molar-refractivity contribution >= 4 is 33.6 Å². The van der Waals surface area contributed by atoms with Gasteiger partial charge in [0.2, 0.25) is 0 Å². The molecule has 2 N–H and O–H groups in total. The van der Waals surface area contributed by atoms with Gasteiger partial charge in [0.05, 0.1) is 5.52 Å². The van der Waals surface area contributed by atoms with Crippen LogP contribution in [0.25, 0.3) is 50.4 Å². The van der Waals surface area contributed by atoms with Gasteiger partial charge in [0.15, 0.2) is 23.0 Å². The largest absolute Gasteiger partial charge is 0.449 e. The van der Waals surface area contributed by atoms with Gasteiger partial charge in [-0.25, -0.2) is 0 Å². The van der Waals surface area contributed by atoms with E-state index in [1.165, 1.54) is 22.1 Å². The molecule has 0 fully saturated rings.